The van der Waals surface area contributed by atoms with Crippen molar-refractivity contribution in [2.75, 3.05) is 0 Å². The second-order valence-corrected chi connectivity index (χ2v) is 3.64. The monoisotopic (exact) mass is 234 g/mol. The van der Waals surface area contributed by atoms with Gasteiger partial charge in [0.25, 0.3) is 0 Å². The number of carbonyl (C=O) groups excluding carboxylic acids is 1. The molecule has 1 heterocycles. The summed E-state index contributed by atoms with van der Waals surface area (Å²) in [6, 6.07) is 4.40. The minimum atomic E-state index is -1.10. The van der Waals surface area contributed by atoms with Crippen LogP contribution in [-0.4, -0.2) is 17.0 Å². The van der Waals surface area contributed by atoms with Gasteiger partial charge >= 0.3 is 11.9 Å². The fourth-order valence-corrected chi connectivity index (χ4v) is 1.60. The van der Waals surface area contributed by atoms with Crippen LogP contribution < -0.4 is 4.74 Å². The molecule has 1 aromatic heterocycles. The molecule has 17 heavy (non-hydrogen) atoms. The van der Waals surface area contributed by atoms with Crippen molar-refractivity contribution in [2.45, 2.75) is 13.8 Å². The van der Waals surface area contributed by atoms with Crippen LogP contribution >= 0.6 is 0 Å². The zero-order chi connectivity index (χ0) is 12.6. The van der Waals surface area contributed by atoms with Crippen molar-refractivity contribution in [1.82, 2.24) is 0 Å². The number of hydrogen-bond acceptors (Lipinski definition) is 4. The zero-order valence-corrected chi connectivity index (χ0v) is 9.31. The van der Waals surface area contributed by atoms with Gasteiger partial charge in [-0.05, 0) is 25.1 Å². The number of ether oxygens (including phenoxy) is 1. The maximum absolute atomic E-state index is 10.9. The number of benzene rings is 1. The largest absolute Gasteiger partial charge is 0.478 e. The molecular weight excluding hydrogens is 224 g/mol. The van der Waals surface area contributed by atoms with E-state index in [2.05, 4.69) is 0 Å². The highest BCUT2D eigenvalue weighted by Crippen LogP contribution is 2.30. The molecule has 1 aromatic carbocycles. The van der Waals surface area contributed by atoms with Gasteiger partial charge < -0.3 is 14.3 Å². The second kappa shape index (κ2) is 3.93. The highest BCUT2D eigenvalue weighted by molar-refractivity contribution is 5.96. The molecule has 5 nitrogen and oxygen atoms in total. The van der Waals surface area contributed by atoms with Gasteiger partial charge in [0.2, 0.25) is 0 Å². The van der Waals surface area contributed by atoms with E-state index in [1.54, 1.807) is 13.0 Å². The van der Waals surface area contributed by atoms with Gasteiger partial charge in [-0.15, -0.1) is 0 Å². The average molecular weight is 234 g/mol. The van der Waals surface area contributed by atoms with Crippen molar-refractivity contribution in [3.8, 4) is 5.75 Å². The molecule has 0 saturated carbocycles. The Hall–Kier alpha value is -2.30. The number of carboxylic acids is 1. The van der Waals surface area contributed by atoms with E-state index in [0.29, 0.717) is 16.7 Å². The lowest BCUT2D eigenvalue weighted by atomic mass is 10.1. The van der Waals surface area contributed by atoms with Gasteiger partial charge in [0.15, 0.2) is 0 Å². The second-order valence-electron chi connectivity index (χ2n) is 3.64. The third kappa shape index (κ3) is 2.13. The Bertz CT molecular complexity index is 609. The minimum absolute atomic E-state index is 0.0168. The van der Waals surface area contributed by atoms with Crippen LogP contribution in [0.4, 0.5) is 0 Å². The standard InChI is InChI=1S/C12H10O5/c1-6-3-9-10(16-6)4-8(12(14)15)5-11(9)17-7(2)13/h3-5H,1-2H3,(H,14,15). The summed E-state index contributed by atoms with van der Waals surface area (Å²) in [5.41, 5.74) is 0.404. The van der Waals surface area contributed by atoms with E-state index >= 15 is 0 Å². The molecule has 0 bridgehead atoms. The van der Waals surface area contributed by atoms with E-state index in [-0.39, 0.29) is 11.3 Å². The summed E-state index contributed by atoms with van der Waals surface area (Å²) in [4.78, 5) is 21.9. The third-order valence-electron chi connectivity index (χ3n) is 2.22. The van der Waals surface area contributed by atoms with Gasteiger partial charge in [-0.2, -0.15) is 0 Å². The molecule has 0 spiro atoms. The summed E-state index contributed by atoms with van der Waals surface area (Å²) in [6.07, 6.45) is 0. The van der Waals surface area contributed by atoms with Crippen LogP contribution in [0.1, 0.15) is 23.0 Å². The van der Waals surface area contributed by atoms with Gasteiger partial charge in [-0.25, -0.2) is 4.79 Å². The molecule has 0 fully saturated rings. The van der Waals surface area contributed by atoms with E-state index < -0.39 is 11.9 Å². The number of carboxylic acid groups (broad SMARTS) is 1. The first-order valence-corrected chi connectivity index (χ1v) is 4.93. The number of furan rings is 1. The Kier molecular flexibility index (Phi) is 2.59. The normalized spacial score (nSPS) is 10.5. The Morgan fingerprint density at radius 1 is 1.29 bits per heavy atom. The molecule has 2 aromatic rings. The Morgan fingerprint density at radius 3 is 2.59 bits per heavy atom. The van der Waals surface area contributed by atoms with Gasteiger partial charge in [0.05, 0.1) is 10.9 Å². The SMILES string of the molecule is CC(=O)Oc1cc(C(=O)O)cc2oc(C)cc12. The first-order valence-electron chi connectivity index (χ1n) is 4.93. The quantitative estimate of drug-likeness (QED) is 0.637. The molecule has 88 valence electrons. The zero-order valence-electron chi connectivity index (χ0n) is 9.31. The van der Waals surface area contributed by atoms with E-state index in [1.807, 2.05) is 0 Å². The predicted octanol–water partition coefficient (Wildman–Crippen LogP) is 2.36. The Balaban J connectivity index is 2.68. The lowest BCUT2D eigenvalue weighted by molar-refractivity contribution is -0.131. The summed E-state index contributed by atoms with van der Waals surface area (Å²) >= 11 is 0. The molecule has 0 unspecified atom stereocenters. The first kappa shape index (κ1) is 11.2. The van der Waals surface area contributed by atoms with Crippen LogP contribution in [0.25, 0.3) is 11.0 Å². The van der Waals surface area contributed by atoms with Crippen molar-refractivity contribution in [3.05, 3.63) is 29.5 Å². The maximum Gasteiger partial charge on any atom is 0.335 e. The maximum atomic E-state index is 10.9. The summed E-state index contributed by atoms with van der Waals surface area (Å²) in [6.45, 7) is 2.99. The van der Waals surface area contributed by atoms with E-state index in [4.69, 9.17) is 14.3 Å². The Morgan fingerprint density at radius 2 is 2.00 bits per heavy atom. The topological polar surface area (TPSA) is 76.7 Å². The predicted molar refractivity (Wildman–Crippen MR) is 59.2 cm³/mol. The van der Waals surface area contributed by atoms with Crippen molar-refractivity contribution in [2.24, 2.45) is 0 Å². The smallest absolute Gasteiger partial charge is 0.335 e. The lowest BCUT2D eigenvalue weighted by Gasteiger charge is -2.03. The number of carbonyl (C=O) groups is 2. The molecule has 2 rings (SSSR count). The fraction of sp³-hybridized carbons (Fsp3) is 0.167. The molecule has 0 amide bonds. The van der Waals surface area contributed by atoms with Crippen LogP contribution in [-0.2, 0) is 4.79 Å². The number of aryl methyl sites for hydroxylation is 1. The van der Waals surface area contributed by atoms with Crippen LogP contribution in [0, 0.1) is 6.92 Å². The highest BCUT2D eigenvalue weighted by atomic mass is 16.5. The fourth-order valence-electron chi connectivity index (χ4n) is 1.60. The first-order chi connectivity index (χ1) is 7.97. The van der Waals surface area contributed by atoms with E-state index in [1.165, 1.54) is 19.1 Å². The van der Waals surface area contributed by atoms with Crippen molar-refractivity contribution >= 4 is 22.9 Å². The molecule has 0 saturated heterocycles. The summed E-state index contributed by atoms with van der Waals surface area (Å²) in [7, 11) is 0. The number of fused-ring (bicyclic) bond motifs is 1. The molecule has 0 radical (unpaired) electrons. The third-order valence-corrected chi connectivity index (χ3v) is 2.22. The summed E-state index contributed by atoms with van der Waals surface area (Å²) in [5, 5.41) is 9.51. The molecule has 0 aliphatic heterocycles. The van der Waals surface area contributed by atoms with Crippen molar-refractivity contribution < 1.29 is 23.8 Å². The number of esters is 1. The lowest BCUT2D eigenvalue weighted by Crippen LogP contribution is -2.03. The number of rotatable bonds is 2. The number of hydrogen-bond donors (Lipinski definition) is 1. The van der Waals surface area contributed by atoms with Crippen LogP contribution in [0.5, 0.6) is 5.75 Å². The Labute approximate surface area is 96.6 Å². The number of aromatic carboxylic acids is 1. The molecular formula is C12H10O5. The molecule has 0 aliphatic carbocycles. The van der Waals surface area contributed by atoms with Crippen LogP contribution in [0.15, 0.2) is 22.6 Å². The molecule has 5 heteroatoms. The van der Waals surface area contributed by atoms with Crippen molar-refractivity contribution in [1.29, 1.82) is 0 Å². The van der Waals surface area contributed by atoms with Crippen LogP contribution in [0.2, 0.25) is 0 Å². The van der Waals surface area contributed by atoms with E-state index in [9.17, 15) is 9.59 Å². The molecule has 0 aliphatic rings. The molecule has 0 atom stereocenters. The molecule has 1 N–H and O–H groups in total. The average Bonchev–Trinajstić information content (AvgIpc) is 2.57. The van der Waals surface area contributed by atoms with E-state index in [0.717, 1.165) is 0 Å². The van der Waals surface area contributed by atoms with Crippen molar-refractivity contribution in [3.63, 3.8) is 0 Å². The van der Waals surface area contributed by atoms with Gasteiger partial charge in [-0.3, -0.25) is 4.79 Å². The van der Waals surface area contributed by atoms with Crippen LogP contribution in [0.3, 0.4) is 0 Å². The van der Waals surface area contributed by atoms with Gasteiger partial charge in [0, 0.05) is 6.92 Å². The van der Waals surface area contributed by atoms with Gasteiger partial charge in [-0.1, -0.05) is 0 Å². The van der Waals surface area contributed by atoms with Gasteiger partial charge in [0.1, 0.15) is 17.1 Å². The summed E-state index contributed by atoms with van der Waals surface area (Å²) in [5.74, 6) is -0.790. The highest BCUT2D eigenvalue weighted by Gasteiger charge is 2.14. The minimum Gasteiger partial charge on any atom is -0.478 e. The summed E-state index contributed by atoms with van der Waals surface area (Å²) < 4.78 is 10.3.